The topological polar surface area (TPSA) is 49.3 Å². The number of nitrogens with zero attached hydrogens (tertiary/aromatic N) is 2. The number of guanidine groups is 1. The van der Waals surface area contributed by atoms with E-state index < -0.39 is 0 Å². The van der Waals surface area contributed by atoms with Crippen molar-refractivity contribution < 1.29 is 4.39 Å². The number of rotatable bonds is 7. The summed E-state index contributed by atoms with van der Waals surface area (Å²) in [5.41, 5.74) is 1.82. The van der Waals surface area contributed by atoms with Crippen molar-refractivity contribution in [3.8, 4) is 0 Å². The first-order valence-electron chi connectivity index (χ1n) is 8.28. The third-order valence-corrected chi connectivity index (χ3v) is 4.79. The number of aryl methyl sites for hydroxylation is 2. The largest absolute Gasteiger partial charge is 0.357 e. The number of nitrogens with one attached hydrogen (secondary N) is 2. The van der Waals surface area contributed by atoms with Gasteiger partial charge in [0, 0.05) is 30.9 Å². The van der Waals surface area contributed by atoms with Gasteiger partial charge in [0.05, 0.1) is 10.7 Å². The van der Waals surface area contributed by atoms with Crippen molar-refractivity contribution in [2.45, 2.75) is 33.6 Å². The highest BCUT2D eigenvalue weighted by Crippen LogP contribution is 2.16. The van der Waals surface area contributed by atoms with Crippen molar-refractivity contribution in [2.75, 3.05) is 19.6 Å². The molecule has 0 radical (unpaired) electrons. The molecule has 0 atom stereocenters. The lowest BCUT2D eigenvalue weighted by molar-refractivity contribution is 0.606. The Kier molecular flexibility index (Phi) is 9.96. The highest BCUT2D eigenvalue weighted by Gasteiger charge is 2.04. The van der Waals surface area contributed by atoms with E-state index in [1.165, 1.54) is 10.9 Å². The summed E-state index contributed by atoms with van der Waals surface area (Å²) < 4.78 is 13.6. The van der Waals surface area contributed by atoms with Gasteiger partial charge in [-0.25, -0.2) is 9.37 Å². The molecular formula is C18H26FIN4S. The molecule has 0 aliphatic rings. The number of aromatic nitrogens is 1. The van der Waals surface area contributed by atoms with E-state index in [0.29, 0.717) is 19.5 Å². The van der Waals surface area contributed by atoms with E-state index in [-0.39, 0.29) is 29.8 Å². The molecule has 138 valence electrons. The quantitative estimate of drug-likeness (QED) is 0.363. The zero-order valence-corrected chi connectivity index (χ0v) is 18.1. The van der Waals surface area contributed by atoms with Crippen LogP contribution in [0.15, 0.2) is 29.3 Å². The van der Waals surface area contributed by atoms with Crippen molar-refractivity contribution in [3.05, 3.63) is 51.2 Å². The van der Waals surface area contributed by atoms with Crippen LogP contribution in [0.5, 0.6) is 0 Å². The Labute approximate surface area is 170 Å². The maximum Gasteiger partial charge on any atom is 0.191 e. The molecule has 0 amide bonds. The highest BCUT2D eigenvalue weighted by molar-refractivity contribution is 14.0. The van der Waals surface area contributed by atoms with Crippen molar-refractivity contribution in [2.24, 2.45) is 4.99 Å². The van der Waals surface area contributed by atoms with Crippen molar-refractivity contribution in [1.29, 1.82) is 0 Å². The van der Waals surface area contributed by atoms with E-state index in [2.05, 4.69) is 27.5 Å². The first-order chi connectivity index (χ1) is 11.6. The van der Waals surface area contributed by atoms with E-state index >= 15 is 0 Å². The first-order valence-corrected chi connectivity index (χ1v) is 9.10. The van der Waals surface area contributed by atoms with Crippen LogP contribution < -0.4 is 10.6 Å². The standard InChI is InChI=1S/C18H25FN4S.HI/c1-4-20-18(21-11-9-15-7-5-6-8-16(15)19)22-12-10-17-23-13(2)14(3)24-17;/h5-8H,4,9-12H2,1-3H3,(H2,20,21,22);1H. The van der Waals surface area contributed by atoms with Crippen LogP contribution in [0.25, 0.3) is 0 Å². The zero-order chi connectivity index (χ0) is 17.4. The van der Waals surface area contributed by atoms with Gasteiger partial charge in [0.2, 0.25) is 0 Å². The summed E-state index contributed by atoms with van der Waals surface area (Å²) in [5, 5.41) is 7.59. The Hall–Kier alpha value is -1.22. The van der Waals surface area contributed by atoms with Gasteiger partial charge in [0.25, 0.3) is 0 Å². The molecule has 4 nitrogen and oxygen atoms in total. The number of hydrogen-bond donors (Lipinski definition) is 2. The molecule has 0 saturated heterocycles. The van der Waals surface area contributed by atoms with Gasteiger partial charge in [-0.05, 0) is 38.8 Å². The lowest BCUT2D eigenvalue weighted by Gasteiger charge is -2.11. The van der Waals surface area contributed by atoms with Crippen LogP contribution in [0.2, 0.25) is 0 Å². The van der Waals surface area contributed by atoms with Crippen LogP contribution in [-0.4, -0.2) is 30.6 Å². The molecule has 25 heavy (non-hydrogen) atoms. The molecule has 0 unspecified atom stereocenters. The molecule has 2 rings (SSSR count). The van der Waals surface area contributed by atoms with Crippen LogP contribution in [0.3, 0.4) is 0 Å². The zero-order valence-electron chi connectivity index (χ0n) is 14.9. The van der Waals surface area contributed by atoms with E-state index in [1.54, 1.807) is 17.4 Å². The first kappa shape index (κ1) is 21.8. The Bertz CT molecular complexity index is 668. The molecule has 1 heterocycles. The number of aliphatic imine (C=N–C) groups is 1. The summed E-state index contributed by atoms with van der Waals surface area (Å²) in [7, 11) is 0. The fraction of sp³-hybridized carbons (Fsp3) is 0.444. The maximum absolute atomic E-state index is 13.6. The minimum absolute atomic E-state index is 0. The van der Waals surface area contributed by atoms with E-state index in [0.717, 1.165) is 35.2 Å². The number of thiazole rings is 1. The minimum atomic E-state index is -0.157. The van der Waals surface area contributed by atoms with E-state index in [9.17, 15) is 4.39 Å². The molecular weight excluding hydrogens is 450 g/mol. The van der Waals surface area contributed by atoms with Gasteiger partial charge >= 0.3 is 0 Å². The number of hydrogen-bond acceptors (Lipinski definition) is 3. The monoisotopic (exact) mass is 476 g/mol. The molecule has 0 bridgehead atoms. The predicted molar refractivity (Wildman–Crippen MR) is 115 cm³/mol. The van der Waals surface area contributed by atoms with Crippen molar-refractivity contribution >= 4 is 41.3 Å². The molecule has 0 fully saturated rings. The van der Waals surface area contributed by atoms with Crippen molar-refractivity contribution in [1.82, 2.24) is 15.6 Å². The third kappa shape index (κ3) is 7.27. The van der Waals surface area contributed by atoms with Gasteiger partial charge in [0.1, 0.15) is 5.82 Å². The number of halogens is 2. The second-order valence-corrected chi connectivity index (χ2v) is 6.82. The lowest BCUT2D eigenvalue weighted by atomic mass is 10.1. The summed E-state index contributed by atoms with van der Waals surface area (Å²) in [6.07, 6.45) is 1.46. The van der Waals surface area contributed by atoms with Crippen LogP contribution in [0, 0.1) is 19.7 Å². The minimum Gasteiger partial charge on any atom is -0.357 e. The summed E-state index contributed by atoms with van der Waals surface area (Å²) in [4.78, 5) is 10.4. The summed E-state index contributed by atoms with van der Waals surface area (Å²) in [6.45, 7) is 8.27. The molecule has 0 saturated carbocycles. The second-order valence-electron chi connectivity index (χ2n) is 5.53. The Morgan fingerprint density at radius 3 is 2.60 bits per heavy atom. The Balaban J connectivity index is 0.00000312. The SMILES string of the molecule is CCNC(=NCCc1nc(C)c(C)s1)NCCc1ccccc1F.I. The fourth-order valence-corrected chi connectivity index (χ4v) is 3.19. The number of benzene rings is 1. The van der Waals surface area contributed by atoms with Crippen LogP contribution in [0.1, 0.15) is 28.1 Å². The van der Waals surface area contributed by atoms with Gasteiger partial charge in [-0.3, -0.25) is 4.99 Å². The normalized spacial score (nSPS) is 11.1. The summed E-state index contributed by atoms with van der Waals surface area (Å²) in [6, 6.07) is 6.87. The summed E-state index contributed by atoms with van der Waals surface area (Å²) >= 11 is 1.73. The van der Waals surface area contributed by atoms with Crippen molar-refractivity contribution in [3.63, 3.8) is 0 Å². The Morgan fingerprint density at radius 2 is 1.96 bits per heavy atom. The summed E-state index contributed by atoms with van der Waals surface area (Å²) in [5.74, 6) is 0.606. The average molecular weight is 476 g/mol. The molecule has 2 N–H and O–H groups in total. The average Bonchev–Trinajstić information content (AvgIpc) is 2.87. The van der Waals surface area contributed by atoms with Gasteiger partial charge < -0.3 is 10.6 Å². The molecule has 0 spiro atoms. The smallest absolute Gasteiger partial charge is 0.191 e. The van der Waals surface area contributed by atoms with E-state index in [4.69, 9.17) is 0 Å². The van der Waals surface area contributed by atoms with Gasteiger partial charge in [-0.1, -0.05) is 18.2 Å². The maximum atomic E-state index is 13.6. The van der Waals surface area contributed by atoms with Gasteiger partial charge in [0.15, 0.2) is 5.96 Å². The molecule has 7 heteroatoms. The second kappa shape index (κ2) is 11.4. The molecule has 0 aliphatic heterocycles. The predicted octanol–water partition coefficient (Wildman–Crippen LogP) is 3.86. The molecule has 1 aromatic carbocycles. The highest BCUT2D eigenvalue weighted by atomic mass is 127. The fourth-order valence-electron chi connectivity index (χ4n) is 2.27. The lowest BCUT2D eigenvalue weighted by Crippen LogP contribution is -2.38. The van der Waals surface area contributed by atoms with Crippen LogP contribution in [0.4, 0.5) is 4.39 Å². The van der Waals surface area contributed by atoms with Gasteiger partial charge in [-0.2, -0.15) is 0 Å². The molecule has 1 aromatic heterocycles. The molecule has 2 aromatic rings. The Morgan fingerprint density at radius 1 is 1.20 bits per heavy atom. The van der Waals surface area contributed by atoms with Gasteiger partial charge in [-0.15, -0.1) is 35.3 Å². The third-order valence-electron chi connectivity index (χ3n) is 3.66. The van der Waals surface area contributed by atoms with Crippen LogP contribution in [-0.2, 0) is 12.8 Å². The van der Waals surface area contributed by atoms with Crippen LogP contribution >= 0.6 is 35.3 Å². The molecule has 0 aliphatic carbocycles. The van der Waals surface area contributed by atoms with E-state index in [1.807, 2.05) is 26.0 Å².